The number of rotatable bonds is 5. The fourth-order valence-corrected chi connectivity index (χ4v) is 3.70. The summed E-state index contributed by atoms with van der Waals surface area (Å²) in [6.07, 6.45) is 2.27. The van der Waals surface area contributed by atoms with Crippen molar-refractivity contribution >= 4 is 11.6 Å². The molecular weight excluding hydrogens is 448 g/mol. The summed E-state index contributed by atoms with van der Waals surface area (Å²) in [6.45, 7) is -1.36. The Morgan fingerprint density at radius 1 is 1.09 bits per heavy atom. The van der Waals surface area contributed by atoms with Crippen LogP contribution in [-0.2, 0) is 6.54 Å². The molecule has 0 atom stereocenters. The first-order chi connectivity index (χ1) is 16.3. The largest absolute Gasteiger partial charge is 0.448 e. The summed E-state index contributed by atoms with van der Waals surface area (Å²) in [6, 6.07) is 11.3. The second-order valence-electron chi connectivity index (χ2n) is 7.46. The molecule has 34 heavy (non-hydrogen) atoms. The molecular formula is C22H17F2N7O3. The zero-order valence-electron chi connectivity index (χ0n) is 17.7. The second kappa shape index (κ2) is 8.06. The summed E-state index contributed by atoms with van der Waals surface area (Å²) in [5, 5.41) is 4.44. The van der Waals surface area contributed by atoms with Gasteiger partial charge in [-0.1, -0.05) is 30.3 Å². The first kappa shape index (κ1) is 21.2. The zero-order valence-corrected chi connectivity index (χ0v) is 17.7. The van der Waals surface area contributed by atoms with Gasteiger partial charge in [-0.25, -0.2) is 23.8 Å². The van der Waals surface area contributed by atoms with E-state index < -0.39 is 17.8 Å². The van der Waals surface area contributed by atoms with Gasteiger partial charge < -0.3 is 10.2 Å². The van der Waals surface area contributed by atoms with Gasteiger partial charge in [0.2, 0.25) is 5.95 Å². The van der Waals surface area contributed by atoms with Crippen LogP contribution in [0.3, 0.4) is 0 Å². The normalized spacial score (nSPS) is 11.5. The number of nitrogens with zero attached hydrogens (tertiary/aromatic N) is 6. The number of oxazole rings is 1. The maximum Gasteiger partial charge on any atom is 0.353 e. The Balaban J connectivity index is 1.84. The summed E-state index contributed by atoms with van der Waals surface area (Å²) in [4.78, 5) is 33.6. The molecule has 4 heterocycles. The Bertz CT molecular complexity index is 1630. The molecule has 0 amide bonds. The van der Waals surface area contributed by atoms with E-state index in [0.29, 0.717) is 27.3 Å². The fourth-order valence-electron chi connectivity index (χ4n) is 3.70. The molecule has 12 heteroatoms. The molecule has 0 saturated heterocycles. The predicted octanol–water partition coefficient (Wildman–Crippen LogP) is 2.71. The third-order valence-electron chi connectivity index (χ3n) is 5.38. The summed E-state index contributed by atoms with van der Waals surface area (Å²) < 4.78 is 34.7. The van der Waals surface area contributed by atoms with Gasteiger partial charge in [0.05, 0.1) is 17.8 Å². The highest BCUT2D eigenvalue weighted by atomic mass is 19.3. The number of nitrogen functional groups attached to an aromatic ring is 1. The lowest BCUT2D eigenvalue weighted by Gasteiger charge is -2.13. The fraction of sp³-hybridized carbons (Fsp3) is 0.136. The number of halogens is 2. The highest BCUT2D eigenvalue weighted by Crippen LogP contribution is 2.34. The summed E-state index contributed by atoms with van der Waals surface area (Å²) >= 11 is 0. The maximum atomic E-state index is 13.5. The van der Waals surface area contributed by atoms with E-state index in [1.807, 2.05) is 6.07 Å². The number of pyridine rings is 1. The van der Waals surface area contributed by atoms with Crippen molar-refractivity contribution in [3.63, 3.8) is 0 Å². The molecule has 2 N–H and O–H groups in total. The van der Waals surface area contributed by atoms with Crippen LogP contribution in [0.1, 0.15) is 18.0 Å². The van der Waals surface area contributed by atoms with Gasteiger partial charge in [-0.15, -0.1) is 5.10 Å². The van der Waals surface area contributed by atoms with Crippen LogP contribution < -0.4 is 17.0 Å². The molecule has 5 aromatic rings. The molecule has 0 saturated carbocycles. The van der Waals surface area contributed by atoms with E-state index in [1.54, 1.807) is 31.2 Å². The van der Waals surface area contributed by atoms with Gasteiger partial charge >= 0.3 is 12.2 Å². The van der Waals surface area contributed by atoms with Gasteiger partial charge in [-0.3, -0.25) is 9.36 Å². The minimum Gasteiger partial charge on any atom is -0.448 e. The molecule has 0 bridgehead atoms. The minimum atomic E-state index is -3.06. The van der Waals surface area contributed by atoms with Crippen molar-refractivity contribution in [3.8, 4) is 22.4 Å². The Morgan fingerprint density at radius 3 is 2.53 bits per heavy atom. The van der Waals surface area contributed by atoms with Crippen LogP contribution in [0.5, 0.6) is 0 Å². The molecule has 4 aromatic heterocycles. The quantitative estimate of drug-likeness (QED) is 0.423. The molecule has 0 spiro atoms. The molecule has 0 fully saturated rings. The molecule has 0 unspecified atom stereocenters. The first-order valence-corrected chi connectivity index (χ1v) is 10.1. The zero-order chi connectivity index (χ0) is 24.0. The number of fused-ring (bicyclic) bond motifs is 1. The Labute approximate surface area is 189 Å². The van der Waals surface area contributed by atoms with Crippen LogP contribution in [0.15, 0.2) is 69.1 Å². The average molecular weight is 465 g/mol. The molecule has 10 nitrogen and oxygen atoms in total. The summed E-state index contributed by atoms with van der Waals surface area (Å²) in [7, 11) is 0. The smallest absolute Gasteiger partial charge is 0.353 e. The molecule has 0 aliphatic carbocycles. The molecule has 5 rings (SSSR count). The maximum absolute atomic E-state index is 13.5. The average Bonchev–Trinajstić information content (AvgIpc) is 3.38. The number of aromatic nitrogens is 6. The van der Waals surface area contributed by atoms with Crippen molar-refractivity contribution < 1.29 is 13.2 Å². The highest BCUT2D eigenvalue weighted by molar-refractivity contribution is 5.90. The summed E-state index contributed by atoms with van der Waals surface area (Å²) in [5.41, 5.74) is 6.70. The molecule has 0 aliphatic heterocycles. The van der Waals surface area contributed by atoms with Crippen LogP contribution in [-0.4, -0.2) is 28.7 Å². The molecule has 0 aliphatic rings. The van der Waals surface area contributed by atoms with Crippen molar-refractivity contribution in [3.05, 3.63) is 87.3 Å². The number of aryl methyl sites for hydroxylation is 1. The molecule has 0 radical (unpaired) electrons. The van der Waals surface area contributed by atoms with E-state index in [4.69, 9.17) is 10.2 Å². The number of alkyl halides is 2. The lowest BCUT2D eigenvalue weighted by molar-refractivity contribution is 0.0665. The number of anilines is 1. The van der Waals surface area contributed by atoms with Crippen molar-refractivity contribution in [1.82, 2.24) is 28.7 Å². The van der Waals surface area contributed by atoms with Crippen molar-refractivity contribution in [1.29, 1.82) is 0 Å². The van der Waals surface area contributed by atoms with E-state index in [0.717, 1.165) is 21.3 Å². The Kier molecular flexibility index (Phi) is 5.04. The standard InChI is InChI=1S/C22H17F2N7O3/c1-12-15(26-11-34-12)10-30-22(33)31-19(28-30)17(14-7-8-16(32)29(9-14)20(23)24)18(27-21(31)25)13-5-3-2-4-6-13/h2-9,11,20H,10H2,1H3,(H2,25,27). The van der Waals surface area contributed by atoms with Crippen LogP contribution >= 0.6 is 0 Å². The van der Waals surface area contributed by atoms with Crippen molar-refractivity contribution in [2.75, 3.05) is 5.73 Å². The molecule has 172 valence electrons. The van der Waals surface area contributed by atoms with Gasteiger partial charge in [0.1, 0.15) is 11.5 Å². The van der Waals surface area contributed by atoms with Crippen molar-refractivity contribution in [2.45, 2.75) is 20.0 Å². The van der Waals surface area contributed by atoms with E-state index in [9.17, 15) is 18.4 Å². The second-order valence-corrected chi connectivity index (χ2v) is 7.46. The van der Waals surface area contributed by atoms with Crippen LogP contribution in [0, 0.1) is 6.92 Å². The first-order valence-electron chi connectivity index (χ1n) is 10.1. The monoisotopic (exact) mass is 465 g/mol. The third-order valence-corrected chi connectivity index (χ3v) is 5.38. The lowest BCUT2D eigenvalue weighted by atomic mass is 10.0. The van der Waals surface area contributed by atoms with E-state index in [1.165, 1.54) is 12.5 Å². The number of hydrogen-bond donors (Lipinski definition) is 1. The van der Waals surface area contributed by atoms with Gasteiger partial charge in [0.15, 0.2) is 12.0 Å². The van der Waals surface area contributed by atoms with Gasteiger partial charge in [-0.05, 0) is 13.0 Å². The summed E-state index contributed by atoms with van der Waals surface area (Å²) in [5.74, 6) is 0.386. The van der Waals surface area contributed by atoms with Gasteiger partial charge in [-0.2, -0.15) is 8.78 Å². The van der Waals surface area contributed by atoms with Gasteiger partial charge in [0.25, 0.3) is 5.56 Å². The topological polar surface area (TPSA) is 126 Å². The number of benzene rings is 1. The minimum absolute atomic E-state index is 0.00106. The number of hydrogen-bond acceptors (Lipinski definition) is 7. The third kappa shape index (κ3) is 3.45. The lowest BCUT2D eigenvalue weighted by Crippen LogP contribution is -2.24. The van der Waals surface area contributed by atoms with Crippen LogP contribution in [0.25, 0.3) is 28.0 Å². The molecule has 1 aromatic carbocycles. The Morgan fingerprint density at radius 2 is 1.85 bits per heavy atom. The van der Waals surface area contributed by atoms with E-state index in [-0.39, 0.29) is 29.3 Å². The number of nitrogens with two attached hydrogens (primary N) is 1. The van der Waals surface area contributed by atoms with E-state index in [2.05, 4.69) is 15.1 Å². The SMILES string of the molecule is Cc1ocnc1Cn1nc2c(-c3ccc(=O)n(C(F)F)c3)c(-c3ccccc3)nc(N)n2c1=O. The van der Waals surface area contributed by atoms with E-state index >= 15 is 0 Å². The predicted molar refractivity (Wildman–Crippen MR) is 118 cm³/mol. The highest BCUT2D eigenvalue weighted by Gasteiger charge is 2.23. The van der Waals surface area contributed by atoms with Crippen LogP contribution in [0.2, 0.25) is 0 Å². The van der Waals surface area contributed by atoms with Crippen molar-refractivity contribution in [2.24, 2.45) is 0 Å². The Hall–Kier alpha value is -4.61. The van der Waals surface area contributed by atoms with Crippen LogP contribution in [0.4, 0.5) is 14.7 Å². The van der Waals surface area contributed by atoms with Gasteiger partial charge in [0, 0.05) is 23.4 Å².